The number of hydrogen-bond donors (Lipinski definition) is 0. The van der Waals surface area contributed by atoms with Crippen molar-refractivity contribution in [2.75, 3.05) is 42.1 Å². The molecule has 7 aromatic rings. The SMILES string of the molecule is CN1C=CN(c2cccc(C3(c4ccccc4)c4cc(N5CN(C)c6ccccc65)ccc4-n4c5ccc(C(C)(C)C)cc5c5cccc3c54)c2)C1. The lowest BCUT2D eigenvalue weighted by molar-refractivity contribution is 0.495. The number of nitrogens with zero attached hydrogens (tertiary/aromatic N) is 5. The molecule has 1 atom stereocenters. The lowest BCUT2D eigenvalue weighted by Crippen LogP contribution is -2.36. The van der Waals surface area contributed by atoms with Crippen molar-refractivity contribution in [2.24, 2.45) is 0 Å². The van der Waals surface area contributed by atoms with Gasteiger partial charge in [-0.05, 0) is 87.8 Å². The number of rotatable bonds is 4. The smallest absolute Gasteiger partial charge is 0.0950 e. The van der Waals surface area contributed by atoms with Gasteiger partial charge in [-0.3, -0.25) is 0 Å². The van der Waals surface area contributed by atoms with Gasteiger partial charge in [-0.15, -0.1) is 0 Å². The molecule has 0 fully saturated rings. The fraction of sp³-hybridized carbons (Fsp3) is 0.191. The summed E-state index contributed by atoms with van der Waals surface area (Å²) in [5.41, 5.74) is 14.5. The molecule has 3 aliphatic heterocycles. The lowest BCUT2D eigenvalue weighted by atomic mass is 9.63. The van der Waals surface area contributed by atoms with E-state index in [2.05, 4.69) is 205 Å². The minimum Gasteiger partial charge on any atom is -0.361 e. The molecule has 0 radical (unpaired) electrons. The number of aromatic nitrogens is 1. The van der Waals surface area contributed by atoms with Crippen molar-refractivity contribution in [2.45, 2.75) is 31.6 Å². The Morgan fingerprint density at radius 3 is 2.12 bits per heavy atom. The maximum atomic E-state index is 2.55. The van der Waals surface area contributed by atoms with Gasteiger partial charge in [-0.2, -0.15) is 0 Å². The molecule has 4 heterocycles. The molecule has 6 aromatic carbocycles. The van der Waals surface area contributed by atoms with E-state index in [1.807, 2.05) is 0 Å². The molecular formula is C47H43N5. The molecule has 1 unspecified atom stereocenters. The molecule has 0 spiro atoms. The number of benzene rings is 6. The first-order valence-corrected chi connectivity index (χ1v) is 18.4. The highest BCUT2D eigenvalue weighted by Gasteiger charge is 2.46. The Morgan fingerprint density at radius 2 is 1.33 bits per heavy atom. The molecule has 0 aliphatic carbocycles. The Kier molecular flexibility index (Phi) is 6.54. The molecule has 0 saturated heterocycles. The van der Waals surface area contributed by atoms with Crippen molar-refractivity contribution in [1.82, 2.24) is 9.47 Å². The minimum absolute atomic E-state index is 0.0404. The van der Waals surface area contributed by atoms with Crippen LogP contribution in [-0.4, -0.2) is 36.9 Å². The normalized spacial score (nSPS) is 17.8. The monoisotopic (exact) mass is 677 g/mol. The maximum absolute atomic E-state index is 2.55. The Balaban J connectivity index is 1.34. The van der Waals surface area contributed by atoms with Gasteiger partial charge in [0, 0.05) is 48.6 Å². The largest absolute Gasteiger partial charge is 0.361 e. The Hall–Kier alpha value is -5.94. The fourth-order valence-electron chi connectivity index (χ4n) is 9.11. The third-order valence-electron chi connectivity index (χ3n) is 11.6. The third kappa shape index (κ3) is 4.29. The molecule has 0 N–H and O–H groups in total. The van der Waals surface area contributed by atoms with Gasteiger partial charge in [0.2, 0.25) is 0 Å². The number of anilines is 4. The van der Waals surface area contributed by atoms with Gasteiger partial charge < -0.3 is 24.2 Å². The Labute approximate surface area is 306 Å². The number of hydrogen-bond acceptors (Lipinski definition) is 4. The quantitative estimate of drug-likeness (QED) is 0.184. The van der Waals surface area contributed by atoms with Gasteiger partial charge in [0.1, 0.15) is 0 Å². The highest BCUT2D eigenvalue weighted by molar-refractivity contribution is 6.12. The van der Waals surface area contributed by atoms with Crippen LogP contribution in [0.2, 0.25) is 0 Å². The van der Waals surface area contributed by atoms with Crippen molar-refractivity contribution in [3.05, 3.63) is 174 Å². The lowest BCUT2D eigenvalue weighted by Gasteiger charge is -2.42. The first kappa shape index (κ1) is 30.8. The zero-order valence-corrected chi connectivity index (χ0v) is 30.5. The van der Waals surface area contributed by atoms with E-state index in [4.69, 9.17) is 0 Å². The summed E-state index contributed by atoms with van der Waals surface area (Å²) in [4.78, 5) is 9.36. The van der Waals surface area contributed by atoms with Crippen molar-refractivity contribution in [1.29, 1.82) is 0 Å². The first-order chi connectivity index (χ1) is 25.2. The molecule has 0 saturated carbocycles. The summed E-state index contributed by atoms with van der Waals surface area (Å²) in [5.74, 6) is 0. The predicted octanol–water partition coefficient (Wildman–Crippen LogP) is 10.5. The van der Waals surface area contributed by atoms with Crippen LogP contribution in [0.5, 0.6) is 0 Å². The second-order valence-corrected chi connectivity index (χ2v) is 15.8. The average Bonchev–Trinajstić information content (AvgIpc) is 3.86. The van der Waals surface area contributed by atoms with Crippen LogP contribution >= 0.6 is 0 Å². The zero-order chi connectivity index (χ0) is 35.4. The average molecular weight is 678 g/mol. The van der Waals surface area contributed by atoms with Crippen LogP contribution in [0.4, 0.5) is 22.7 Å². The summed E-state index contributed by atoms with van der Waals surface area (Å²) in [6.07, 6.45) is 4.34. The van der Waals surface area contributed by atoms with Gasteiger partial charge in [0.05, 0.1) is 46.8 Å². The van der Waals surface area contributed by atoms with E-state index in [9.17, 15) is 0 Å². The van der Waals surface area contributed by atoms with Crippen LogP contribution < -0.4 is 14.7 Å². The molecule has 0 amide bonds. The van der Waals surface area contributed by atoms with Gasteiger partial charge in [-0.1, -0.05) is 99.6 Å². The molecule has 0 bridgehead atoms. The summed E-state index contributed by atoms with van der Waals surface area (Å²) >= 11 is 0. The number of para-hydroxylation sites is 3. The molecule has 5 heteroatoms. The second kappa shape index (κ2) is 11.0. The van der Waals surface area contributed by atoms with Crippen molar-refractivity contribution < 1.29 is 0 Å². The van der Waals surface area contributed by atoms with E-state index < -0.39 is 5.41 Å². The Bertz CT molecular complexity index is 2570. The van der Waals surface area contributed by atoms with Crippen LogP contribution in [0.3, 0.4) is 0 Å². The van der Waals surface area contributed by atoms with Gasteiger partial charge in [-0.25, -0.2) is 0 Å². The van der Waals surface area contributed by atoms with Gasteiger partial charge in [0.15, 0.2) is 0 Å². The minimum atomic E-state index is -0.597. The van der Waals surface area contributed by atoms with Gasteiger partial charge >= 0.3 is 0 Å². The van der Waals surface area contributed by atoms with Crippen LogP contribution in [0.25, 0.3) is 27.5 Å². The van der Waals surface area contributed by atoms with Crippen molar-refractivity contribution in [3.63, 3.8) is 0 Å². The second-order valence-electron chi connectivity index (χ2n) is 15.8. The highest BCUT2D eigenvalue weighted by atomic mass is 15.4. The van der Waals surface area contributed by atoms with Crippen LogP contribution in [0.15, 0.2) is 146 Å². The van der Waals surface area contributed by atoms with E-state index >= 15 is 0 Å². The number of fused-ring (bicyclic) bond motifs is 6. The maximum Gasteiger partial charge on any atom is 0.0950 e. The molecule has 10 rings (SSSR count). The van der Waals surface area contributed by atoms with Crippen LogP contribution in [0.1, 0.15) is 48.6 Å². The van der Waals surface area contributed by atoms with Crippen molar-refractivity contribution in [3.8, 4) is 5.69 Å². The standard InChI is InChI=1S/C47H43N5/c1-46(2,3)33-21-23-41-38(28-33)37-17-12-18-39-45(37)52(41)42-24-22-36(51-31-49(5)43-19-9-10-20-44(43)51)29-40(42)47(39,32-13-7-6-8-14-32)34-15-11-16-35(27-34)50-26-25-48(4)30-50/h6-29H,30-31H2,1-5H3. The summed E-state index contributed by atoms with van der Waals surface area (Å²) in [5, 5.41) is 2.60. The molecule has 5 nitrogen and oxygen atoms in total. The molecule has 52 heavy (non-hydrogen) atoms. The highest BCUT2D eigenvalue weighted by Crippen LogP contribution is 2.56. The molecule has 3 aliphatic rings. The summed E-state index contributed by atoms with van der Waals surface area (Å²) in [6, 6.07) is 50.6. The topological polar surface area (TPSA) is 17.9 Å². The summed E-state index contributed by atoms with van der Waals surface area (Å²) in [7, 11) is 4.31. The van der Waals surface area contributed by atoms with Crippen LogP contribution in [0, 0.1) is 0 Å². The van der Waals surface area contributed by atoms with Crippen molar-refractivity contribution >= 4 is 44.6 Å². The molecule has 256 valence electrons. The fourth-order valence-corrected chi connectivity index (χ4v) is 9.11. The summed E-state index contributed by atoms with van der Waals surface area (Å²) in [6.45, 7) is 8.54. The van der Waals surface area contributed by atoms with E-state index in [-0.39, 0.29) is 5.41 Å². The summed E-state index contributed by atoms with van der Waals surface area (Å²) < 4.78 is 2.55. The third-order valence-corrected chi connectivity index (χ3v) is 11.6. The van der Waals surface area contributed by atoms with Crippen LogP contribution in [-0.2, 0) is 10.8 Å². The van der Waals surface area contributed by atoms with E-state index in [1.54, 1.807) is 0 Å². The first-order valence-electron chi connectivity index (χ1n) is 18.4. The van der Waals surface area contributed by atoms with E-state index in [0.717, 1.165) is 13.3 Å². The zero-order valence-electron chi connectivity index (χ0n) is 30.5. The van der Waals surface area contributed by atoms with Gasteiger partial charge in [0.25, 0.3) is 0 Å². The van der Waals surface area contributed by atoms with E-state index in [1.165, 1.54) is 78.1 Å². The van der Waals surface area contributed by atoms with E-state index in [0.29, 0.717) is 0 Å². The predicted molar refractivity (Wildman–Crippen MR) is 217 cm³/mol. The Morgan fingerprint density at radius 1 is 0.558 bits per heavy atom. The molecular weight excluding hydrogens is 635 g/mol. The molecule has 1 aromatic heterocycles.